The molecule has 0 bridgehead atoms. The zero-order valence-electron chi connectivity index (χ0n) is 19.0. The number of benzene rings is 4. The van der Waals surface area contributed by atoms with Crippen LogP contribution in [0.2, 0.25) is 0 Å². The van der Waals surface area contributed by atoms with Crippen molar-refractivity contribution in [2.45, 2.75) is 4.90 Å². The topological polar surface area (TPSA) is 136 Å². The Hall–Kier alpha value is -3.47. The second kappa shape index (κ2) is 9.88. The van der Waals surface area contributed by atoms with Crippen molar-refractivity contribution in [2.75, 3.05) is 10.6 Å². The first-order chi connectivity index (χ1) is 16.8. The molecule has 1 aliphatic carbocycles. The van der Waals surface area contributed by atoms with Crippen LogP contribution in [0.1, 0.15) is 31.8 Å². The second-order valence-corrected chi connectivity index (χ2v) is 9.19. The van der Waals surface area contributed by atoms with E-state index in [4.69, 9.17) is 0 Å². The number of phenols is 1. The summed E-state index contributed by atoms with van der Waals surface area (Å²) in [6, 6.07) is 22.0. The van der Waals surface area contributed by atoms with Gasteiger partial charge in [-0.25, -0.2) is 8.42 Å². The van der Waals surface area contributed by atoms with Crippen LogP contribution in [-0.4, -0.2) is 29.6 Å². The number of para-hydroxylation sites is 2. The number of phenolic OH excluding ortho intramolecular Hbond substituents is 1. The summed E-state index contributed by atoms with van der Waals surface area (Å²) in [6.45, 7) is 0. The van der Waals surface area contributed by atoms with E-state index in [9.17, 15) is 27.7 Å². The van der Waals surface area contributed by atoms with Crippen LogP contribution in [-0.2, 0) is 10.1 Å². The van der Waals surface area contributed by atoms with Gasteiger partial charge in [0.1, 0.15) is 10.1 Å². The smallest absolute Gasteiger partial charge is 0.744 e. The number of ketones is 2. The molecule has 0 aromatic heterocycles. The average molecular weight is 508 g/mol. The van der Waals surface area contributed by atoms with Gasteiger partial charge < -0.3 is 20.3 Å². The van der Waals surface area contributed by atoms with Gasteiger partial charge in [-0.15, -0.1) is 0 Å². The summed E-state index contributed by atoms with van der Waals surface area (Å²) in [5.74, 6) is -1.54. The maximum absolute atomic E-state index is 13.4. The molecule has 174 valence electrons. The van der Waals surface area contributed by atoms with Gasteiger partial charge in [0.25, 0.3) is 0 Å². The van der Waals surface area contributed by atoms with E-state index in [0.29, 0.717) is 5.69 Å². The van der Waals surface area contributed by atoms with Gasteiger partial charge in [-0.3, -0.25) is 9.59 Å². The van der Waals surface area contributed by atoms with E-state index in [2.05, 4.69) is 10.6 Å². The minimum atomic E-state index is -4.83. The van der Waals surface area contributed by atoms with Crippen molar-refractivity contribution >= 4 is 44.4 Å². The zero-order chi connectivity index (χ0) is 24.7. The van der Waals surface area contributed by atoms with E-state index in [0.717, 1.165) is 6.07 Å². The Labute approximate surface area is 229 Å². The molecule has 3 N–H and O–H groups in total. The number of fused-ring (bicyclic) bond motifs is 2. The Morgan fingerprint density at radius 2 is 1.22 bits per heavy atom. The monoisotopic (exact) mass is 508 g/mol. The molecule has 0 saturated carbocycles. The summed E-state index contributed by atoms with van der Waals surface area (Å²) in [4.78, 5) is 26.3. The van der Waals surface area contributed by atoms with Crippen molar-refractivity contribution in [3.63, 3.8) is 0 Å². The number of aromatic hydroxyl groups is 1. The van der Waals surface area contributed by atoms with Gasteiger partial charge in [-0.2, -0.15) is 0 Å². The molecule has 36 heavy (non-hydrogen) atoms. The molecular weight excluding hydrogens is 491 g/mol. The first-order valence-corrected chi connectivity index (χ1v) is 11.9. The Morgan fingerprint density at radius 1 is 0.667 bits per heavy atom. The van der Waals surface area contributed by atoms with Gasteiger partial charge in [-0.05, 0) is 30.3 Å². The van der Waals surface area contributed by atoms with Crippen molar-refractivity contribution in [1.82, 2.24) is 0 Å². The number of anilines is 4. The number of hydrogen-bond donors (Lipinski definition) is 3. The van der Waals surface area contributed by atoms with E-state index in [1.807, 2.05) is 6.07 Å². The van der Waals surface area contributed by atoms with Gasteiger partial charge in [0, 0.05) is 16.8 Å². The molecule has 0 saturated heterocycles. The Morgan fingerprint density at radius 3 is 1.86 bits per heavy atom. The van der Waals surface area contributed by atoms with Crippen LogP contribution in [0.15, 0.2) is 89.8 Å². The van der Waals surface area contributed by atoms with Crippen LogP contribution < -0.4 is 40.2 Å². The van der Waals surface area contributed by atoms with Crippen molar-refractivity contribution < 1.29 is 57.2 Å². The first-order valence-electron chi connectivity index (χ1n) is 10.5. The quantitative estimate of drug-likeness (QED) is 0.141. The first kappa shape index (κ1) is 25.6. The minimum absolute atomic E-state index is 0. The van der Waals surface area contributed by atoms with E-state index in [-0.39, 0.29) is 68.9 Å². The van der Waals surface area contributed by atoms with Crippen molar-refractivity contribution in [3.05, 3.63) is 107 Å². The summed E-state index contributed by atoms with van der Waals surface area (Å²) in [5, 5.41) is 17.0. The summed E-state index contributed by atoms with van der Waals surface area (Å²) < 4.78 is 35.2. The summed E-state index contributed by atoms with van der Waals surface area (Å²) in [7, 11) is -4.83. The van der Waals surface area contributed by atoms with Crippen LogP contribution in [0.25, 0.3) is 0 Å². The molecule has 5 rings (SSSR count). The van der Waals surface area contributed by atoms with Crippen LogP contribution in [0, 0.1) is 0 Å². The number of hydrogen-bond acceptors (Lipinski definition) is 8. The third-order valence-electron chi connectivity index (χ3n) is 5.65. The predicted molar refractivity (Wildman–Crippen MR) is 129 cm³/mol. The normalized spacial score (nSPS) is 12.2. The van der Waals surface area contributed by atoms with Crippen LogP contribution >= 0.6 is 0 Å². The number of carbonyl (C=O) groups excluding carboxylic acids is 2. The fourth-order valence-corrected chi connectivity index (χ4v) is 4.72. The second-order valence-electron chi connectivity index (χ2n) is 7.84. The van der Waals surface area contributed by atoms with E-state index in [1.54, 1.807) is 42.5 Å². The average Bonchev–Trinajstić information content (AvgIpc) is 2.84. The number of nitrogens with one attached hydrogen (secondary N) is 2. The van der Waals surface area contributed by atoms with E-state index >= 15 is 0 Å². The largest absolute Gasteiger partial charge is 1.00 e. The summed E-state index contributed by atoms with van der Waals surface area (Å²) in [6.07, 6.45) is 0. The van der Waals surface area contributed by atoms with Gasteiger partial charge in [0.05, 0.1) is 33.1 Å². The molecule has 0 heterocycles. The fraction of sp³-hybridized carbons (Fsp3) is 0. The van der Waals surface area contributed by atoms with Gasteiger partial charge in [-0.1, -0.05) is 54.6 Å². The van der Waals surface area contributed by atoms with Crippen molar-refractivity contribution in [3.8, 4) is 5.75 Å². The predicted octanol–water partition coefficient (Wildman–Crippen LogP) is 1.56. The summed E-state index contributed by atoms with van der Waals surface area (Å²) >= 11 is 0. The molecule has 0 unspecified atom stereocenters. The molecule has 0 aliphatic heterocycles. The Kier molecular flexibility index (Phi) is 7.03. The zero-order valence-corrected chi connectivity index (χ0v) is 21.8. The SMILES string of the molecule is O=C1c2ccccc2C(=O)c2c(O)c(Nc3ccccc3S(=O)(=O)[O-])cc(Nc3ccccc3)c21.[Na+]. The molecule has 0 atom stereocenters. The molecule has 10 heteroatoms. The number of rotatable bonds is 5. The third kappa shape index (κ3) is 4.55. The third-order valence-corrected chi connectivity index (χ3v) is 6.54. The van der Waals surface area contributed by atoms with Crippen LogP contribution in [0.4, 0.5) is 22.7 Å². The Balaban J connectivity index is 0.00000304. The molecule has 0 spiro atoms. The maximum Gasteiger partial charge on any atom is 1.00 e. The van der Waals surface area contributed by atoms with Crippen LogP contribution in [0.5, 0.6) is 5.75 Å². The molecule has 0 fully saturated rings. The van der Waals surface area contributed by atoms with Crippen LogP contribution in [0.3, 0.4) is 0 Å². The molecule has 0 radical (unpaired) electrons. The molecule has 4 aromatic carbocycles. The number of carbonyl (C=O) groups is 2. The van der Waals surface area contributed by atoms with E-state index < -0.39 is 32.3 Å². The van der Waals surface area contributed by atoms with Gasteiger partial charge in [0.2, 0.25) is 0 Å². The minimum Gasteiger partial charge on any atom is -0.744 e. The molecular formula is C26H17N2NaO6S. The van der Waals surface area contributed by atoms with Gasteiger partial charge >= 0.3 is 29.6 Å². The van der Waals surface area contributed by atoms with Crippen molar-refractivity contribution in [1.29, 1.82) is 0 Å². The molecule has 0 amide bonds. The summed E-state index contributed by atoms with van der Waals surface area (Å²) in [5.41, 5.74) is 0.826. The van der Waals surface area contributed by atoms with Gasteiger partial charge in [0.15, 0.2) is 17.3 Å². The standard InChI is InChI=1S/C26H18N2O6S.Na/c29-24-16-10-4-5-11-17(16)25(30)23-22(24)19(27-15-8-2-1-3-9-15)14-20(26(23)31)28-18-12-6-7-13-21(18)35(32,33)34;/h1-14,27-28,31H,(H,32,33,34);/q;+1/p-1. The molecule has 1 aliphatic rings. The van der Waals surface area contributed by atoms with E-state index in [1.165, 1.54) is 30.3 Å². The molecule has 8 nitrogen and oxygen atoms in total. The maximum atomic E-state index is 13.4. The fourth-order valence-electron chi connectivity index (χ4n) is 4.08. The Bertz CT molecular complexity index is 1620. The van der Waals surface area contributed by atoms with Crippen molar-refractivity contribution in [2.24, 2.45) is 0 Å². The molecule has 4 aromatic rings.